The first-order chi connectivity index (χ1) is 20.4. The highest BCUT2D eigenvalue weighted by Gasteiger charge is 2.49. The van der Waals surface area contributed by atoms with E-state index in [1.54, 1.807) is 0 Å². The Hall–Kier alpha value is -3.73. The van der Waals surface area contributed by atoms with E-state index in [9.17, 15) is 44.4 Å². The summed E-state index contributed by atoms with van der Waals surface area (Å²) in [5, 5.41) is 42.2. The van der Waals surface area contributed by atoms with E-state index in [-0.39, 0.29) is 18.0 Å². The molecule has 0 fully saturated rings. The number of rotatable bonds is 23. The summed E-state index contributed by atoms with van der Waals surface area (Å²) in [6.45, 7) is 2.15. The van der Waals surface area contributed by atoms with Gasteiger partial charge < -0.3 is 30.5 Å². The van der Waals surface area contributed by atoms with Crippen molar-refractivity contribution in [3.8, 4) is 5.75 Å². The van der Waals surface area contributed by atoms with E-state index in [0.717, 1.165) is 52.1 Å². The van der Waals surface area contributed by atoms with Gasteiger partial charge in [0.1, 0.15) is 17.6 Å². The molecule has 3 unspecified atom stereocenters. The number of benzene rings is 1. The minimum Gasteiger partial charge on any atom is -0.508 e. The molecular weight excluding hydrogens is 558 g/mol. The molecule has 0 saturated heterocycles. The molecule has 0 aliphatic carbocycles. The second kappa shape index (κ2) is 20.2. The summed E-state index contributed by atoms with van der Waals surface area (Å²) in [6.07, 6.45) is 11.7. The van der Waals surface area contributed by atoms with Gasteiger partial charge in [0.15, 0.2) is 5.60 Å². The number of methoxy groups -OCH3 is 1. The van der Waals surface area contributed by atoms with Crippen LogP contribution in [0.4, 0.5) is 0 Å². The maximum absolute atomic E-state index is 13.2. The van der Waals surface area contributed by atoms with Gasteiger partial charge in [-0.25, -0.2) is 9.59 Å². The maximum Gasteiger partial charge on any atom is 0.337 e. The van der Waals surface area contributed by atoms with Crippen molar-refractivity contribution in [2.75, 3.05) is 7.11 Å². The number of unbranched alkanes of at least 4 members (excludes halogenated alkanes) is 8. The van der Waals surface area contributed by atoms with Crippen molar-refractivity contribution >= 4 is 29.6 Å². The number of aliphatic hydroxyl groups is 1. The number of aliphatic carboxylic acids is 2. The van der Waals surface area contributed by atoms with Crippen LogP contribution in [0.25, 0.3) is 0 Å². The second-order valence-corrected chi connectivity index (χ2v) is 10.8. The van der Waals surface area contributed by atoms with Gasteiger partial charge in [0.25, 0.3) is 0 Å². The van der Waals surface area contributed by atoms with Crippen molar-refractivity contribution in [1.82, 2.24) is 5.32 Å². The molecule has 0 aliphatic heterocycles. The normalized spacial score (nSPS) is 14.0. The Balaban J connectivity index is 2.82. The molecule has 5 N–H and O–H groups in total. The van der Waals surface area contributed by atoms with E-state index >= 15 is 0 Å². The quantitative estimate of drug-likeness (QED) is 0.0682. The number of ether oxygens (including phenoxy) is 1. The first-order valence-electron chi connectivity index (χ1n) is 15.0. The number of ketones is 1. The lowest BCUT2D eigenvalue weighted by atomic mass is 9.82. The summed E-state index contributed by atoms with van der Waals surface area (Å²) < 4.78 is 4.51. The zero-order chi connectivity index (χ0) is 32.3. The molecule has 0 spiro atoms. The average molecular weight is 606 g/mol. The lowest BCUT2D eigenvalue weighted by molar-refractivity contribution is -0.173. The first kappa shape index (κ1) is 37.3. The molecule has 0 aromatic heterocycles. The van der Waals surface area contributed by atoms with Gasteiger partial charge in [0, 0.05) is 19.3 Å². The number of hydrogen-bond acceptors (Lipinski definition) is 8. The van der Waals surface area contributed by atoms with Crippen LogP contribution in [0, 0.1) is 5.92 Å². The topological polar surface area (TPSA) is 188 Å². The van der Waals surface area contributed by atoms with Gasteiger partial charge in [-0.3, -0.25) is 14.4 Å². The van der Waals surface area contributed by atoms with Gasteiger partial charge >= 0.3 is 17.9 Å². The van der Waals surface area contributed by atoms with Crippen molar-refractivity contribution in [2.24, 2.45) is 5.92 Å². The zero-order valence-electron chi connectivity index (χ0n) is 25.3. The molecule has 43 heavy (non-hydrogen) atoms. The highest BCUT2D eigenvalue weighted by Crippen LogP contribution is 2.26. The Bertz CT molecular complexity index is 1070. The van der Waals surface area contributed by atoms with Gasteiger partial charge in [0.05, 0.1) is 19.4 Å². The van der Waals surface area contributed by atoms with E-state index in [1.807, 2.05) is 0 Å². The largest absolute Gasteiger partial charge is 0.508 e. The van der Waals surface area contributed by atoms with Crippen molar-refractivity contribution in [3.63, 3.8) is 0 Å². The number of Topliss-reactive ketones (excluding diaryl/α,β-unsaturated/α-hetero) is 1. The van der Waals surface area contributed by atoms with Crippen molar-refractivity contribution < 1.29 is 49.1 Å². The van der Waals surface area contributed by atoms with Gasteiger partial charge in [-0.1, -0.05) is 69.7 Å². The molecule has 1 aromatic carbocycles. The summed E-state index contributed by atoms with van der Waals surface area (Å²) in [4.78, 5) is 61.2. The predicted molar refractivity (Wildman–Crippen MR) is 159 cm³/mol. The smallest absolute Gasteiger partial charge is 0.337 e. The number of phenols is 1. The highest BCUT2D eigenvalue weighted by molar-refractivity contribution is 5.94. The molecule has 0 aliphatic rings. The van der Waals surface area contributed by atoms with Crippen LogP contribution in [0.1, 0.15) is 96.0 Å². The maximum atomic E-state index is 13.2. The van der Waals surface area contributed by atoms with Gasteiger partial charge in [-0.15, -0.1) is 0 Å². The lowest BCUT2D eigenvalue weighted by Crippen LogP contribution is -2.55. The first-order valence-corrected chi connectivity index (χ1v) is 15.0. The fraction of sp³-hybridized carbons (Fsp3) is 0.594. The molecule has 0 heterocycles. The van der Waals surface area contributed by atoms with Crippen LogP contribution in [-0.4, -0.2) is 68.8 Å². The van der Waals surface area contributed by atoms with Crippen LogP contribution < -0.4 is 5.32 Å². The number of nitrogens with one attached hydrogen (secondary N) is 1. The Morgan fingerprint density at radius 2 is 1.49 bits per heavy atom. The fourth-order valence-corrected chi connectivity index (χ4v) is 4.62. The minimum absolute atomic E-state index is 0.0270. The molecule has 1 amide bonds. The van der Waals surface area contributed by atoms with Crippen molar-refractivity contribution in [1.29, 1.82) is 0 Å². The third-order valence-electron chi connectivity index (χ3n) is 7.26. The molecule has 11 heteroatoms. The average Bonchev–Trinajstić information content (AvgIpc) is 2.96. The number of carboxylic acids is 2. The van der Waals surface area contributed by atoms with Crippen LogP contribution in [0.15, 0.2) is 36.4 Å². The molecule has 0 radical (unpaired) electrons. The number of amides is 1. The Morgan fingerprint density at radius 3 is 2.02 bits per heavy atom. The van der Waals surface area contributed by atoms with Crippen LogP contribution in [0.3, 0.4) is 0 Å². The molecule has 0 saturated carbocycles. The van der Waals surface area contributed by atoms with Crippen LogP contribution in [0.2, 0.25) is 0 Å². The molecular formula is C32H47NO10. The van der Waals surface area contributed by atoms with Gasteiger partial charge in [-0.2, -0.15) is 0 Å². The highest BCUT2D eigenvalue weighted by atomic mass is 16.5. The van der Waals surface area contributed by atoms with E-state index in [4.69, 9.17) is 0 Å². The molecule has 0 bridgehead atoms. The van der Waals surface area contributed by atoms with E-state index in [2.05, 4.69) is 17.0 Å². The summed E-state index contributed by atoms with van der Waals surface area (Å²) in [7, 11) is 1.01. The summed E-state index contributed by atoms with van der Waals surface area (Å²) in [6, 6.07) is 4.18. The number of carbonyl (C=O) groups is 5. The monoisotopic (exact) mass is 605 g/mol. The SMILES string of the molecule is CCCCCCCC(=O)CCCCCC/C=C/C(C(=O)NC(Cc1ccc(O)cc1)C(=O)O)C(O)(CC(=O)OC)C(=O)O. The number of carbonyl (C=O) groups excluding carboxylic acids is 3. The summed E-state index contributed by atoms with van der Waals surface area (Å²) in [5.41, 5.74) is -2.42. The zero-order valence-corrected chi connectivity index (χ0v) is 25.3. The number of hydrogen-bond donors (Lipinski definition) is 5. The van der Waals surface area contributed by atoms with Gasteiger partial charge in [0.2, 0.25) is 5.91 Å². The molecule has 1 aromatic rings. The molecule has 3 atom stereocenters. The van der Waals surface area contributed by atoms with E-state index in [0.29, 0.717) is 31.2 Å². The summed E-state index contributed by atoms with van der Waals surface area (Å²) in [5.74, 6) is -6.96. The third-order valence-corrected chi connectivity index (χ3v) is 7.26. The van der Waals surface area contributed by atoms with Crippen LogP contribution in [-0.2, 0) is 35.1 Å². The second-order valence-electron chi connectivity index (χ2n) is 10.8. The lowest BCUT2D eigenvalue weighted by Gasteiger charge is -2.30. The Kier molecular flexibility index (Phi) is 17.5. The third kappa shape index (κ3) is 14.3. The molecule has 240 valence electrons. The molecule has 11 nitrogen and oxygen atoms in total. The Morgan fingerprint density at radius 1 is 0.907 bits per heavy atom. The summed E-state index contributed by atoms with van der Waals surface area (Å²) >= 11 is 0. The van der Waals surface area contributed by atoms with E-state index < -0.39 is 47.8 Å². The predicted octanol–water partition coefficient (Wildman–Crippen LogP) is 4.33. The van der Waals surface area contributed by atoms with E-state index in [1.165, 1.54) is 42.8 Å². The number of aromatic hydroxyl groups is 1. The Labute approximate surface area is 253 Å². The number of carboxylic acid groups (broad SMARTS) is 2. The number of phenolic OH excluding ortho intramolecular Hbond substituents is 1. The van der Waals surface area contributed by atoms with Gasteiger partial charge in [-0.05, 0) is 43.4 Å². The standard InChI is InChI=1S/C32H47NO10/c1-3-4-5-8-11-14-24(34)15-12-9-6-7-10-13-16-26(32(42,31(40)41)22-28(36)43-2)29(37)33-27(30(38)39)21-23-17-19-25(35)20-18-23/h13,16-20,26-27,35,42H,3-12,14-15,21-22H2,1-2H3,(H,33,37)(H,38,39)(H,40,41)/b16-13+. The van der Waals surface area contributed by atoms with Crippen LogP contribution >= 0.6 is 0 Å². The van der Waals surface area contributed by atoms with Crippen molar-refractivity contribution in [2.45, 2.75) is 108 Å². The minimum atomic E-state index is -2.90. The molecule has 1 rings (SSSR count). The number of esters is 1. The fourth-order valence-electron chi connectivity index (χ4n) is 4.62. The van der Waals surface area contributed by atoms with Crippen LogP contribution in [0.5, 0.6) is 5.75 Å². The van der Waals surface area contributed by atoms with Crippen molar-refractivity contribution in [3.05, 3.63) is 42.0 Å². The number of allylic oxidation sites excluding steroid dienone is 1.